The number of nitrogens with zero attached hydrogens (tertiary/aromatic N) is 2. The van der Waals surface area contributed by atoms with Gasteiger partial charge in [0.05, 0.1) is 16.5 Å². The van der Waals surface area contributed by atoms with E-state index >= 15 is 0 Å². The predicted molar refractivity (Wildman–Crippen MR) is 97.1 cm³/mol. The van der Waals surface area contributed by atoms with Crippen molar-refractivity contribution in [1.29, 1.82) is 0 Å². The second kappa shape index (κ2) is 7.46. The molecule has 0 radical (unpaired) electrons. The molecule has 1 aromatic carbocycles. The zero-order valence-electron chi connectivity index (χ0n) is 13.7. The first kappa shape index (κ1) is 17.1. The van der Waals surface area contributed by atoms with Crippen LogP contribution in [-0.4, -0.2) is 17.3 Å². The summed E-state index contributed by atoms with van der Waals surface area (Å²) >= 11 is 5.13. The standard InChI is InChI=1S/C17H18BrN3O2S/c1-10(12-6-7-14(22-3)13(18)9-12)19-11(2)16-20-21-17(23-16)15-5-4-8-24-15/h4-11,19H,1-3H3/p+1/t10-,11-/m1/s1. The minimum absolute atomic E-state index is 0.0714. The van der Waals surface area contributed by atoms with Gasteiger partial charge >= 0.3 is 0 Å². The summed E-state index contributed by atoms with van der Waals surface area (Å²) in [7, 11) is 1.66. The van der Waals surface area contributed by atoms with Crippen molar-refractivity contribution in [3.8, 4) is 16.5 Å². The fraction of sp³-hybridized carbons (Fsp3) is 0.294. The van der Waals surface area contributed by atoms with E-state index in [-0.39, 0.29) is 12.1 Å². The fourth-order valence-corrected chi connectivity index (χ4v) is 3.71. The second-order valence-corrected chi connectivity index (χ2v) is 7.39. The van der Waals surface area contributed by atoms with Crippen molar-refractivity contribution in [2.75, 3.05) is 7.11 Å². The first-order chi connectivity index (χ1) is 11.6. The largest absolute Gasteiger partial charge is 0.496 e. The zero-order valence-corrected chi connectivity index (χ0v) is 16.1. The second-order valence-electron chi connectivity index (χ2n) is 5.59. The predicted octanol–water partition coefficient (Wildman–Crippen LogP) is 3.95. The fourth-order valence-electron chi connectivity index (χ4n) is 2.51. The van der Waals surface area contributed by atoms with Gasteiger partial charge in [0, 0.05) is 5.56 Å². The van der Waals surface area contributed by atoms with Crippen molar-refractivity contribution < 1.29 is 14.5 Å². The molecule has 2 aromatic heterocycles. The highest BCUT2D eigenvalue weighted by atomic mass is 79.9. The highest BCUT2D eigenvalue weighted by Crippen LogP contribution is 2.28. The average molecular weight is 409 g/mol. The summed E-state index contributed by atoms with van der Waals surface area (Å²) in [5.74, 6) is 2.05. The summed E-state index contributed by atoms with van der Waals surface area (Å²) < 4.78 is 12.0. The zero-order chi connectivity index (χ0) is 17.1. The molecule has 2 heterocycles. The Morgan fingerprint density at radius 2 is 2.04 bits per heavy atom. The highest BCUT2D eigenvalue weighted by molar-refractivity contribution is 9.10. The highest BCUT2D eigenvalue weighted by Gasteiger charge is 2.21. The van der Waals surface area contributed by atoms with E-state index in [1.807, 2.05) is 23.6 Å². The van der Waals surface area contributed by atoms with E-state index in [1.165, 1.54) is 5.56 Å². The van der Waals surface area contributed by atoms with E-state index in [2.05, 4.69) is 57.4 Å². The minimum Gasteiger partial charge on any atom is -0.496 e. The van der Waals surface area contributed by atoms with Gasteiger partial charge < -0.3 is 14.5 Å². The van der Waals surface area contributed by atoms with Gasteiger partial charge in [-0.15, -0.1) is 21.5 Å². The van der Waals surface area contributed by atoms with Crippen molar-refractivity contribution in [2.24, 2.45) is 0 Å². The molecule has 7 heteroatoms. The third-order valence-corrected chi connectivity index (χ3v) is 5.32. The van der Waals surface area contributed by atoms with Gasteiger partial charge in [0.1, 0.15) is 11.8 Å². The normalized spacial score (nSPS) is 13.7. The van der Waals surface area contributed by atoms with Crippen LogP contribution in [0, 0.1) is 0 Å². The maximum Gasteiger partial charge on any atom is 0.274 e. The van der Waals surface area contributed by atoms with Gasteiger partial charge in [0.25, 0.3) is 11.8 Å². The Labute approximate surface area is 153 Å². The van der Waals surface area contributed by atoms with Crippen LogP contribution in [0.25, 0.3) is 10.8 Å². The lowest BCUT2D eigenvalue weighted by Gasteiger charge is -2.15. The molecule has 0 unspecified atom stereocenters. The molecule has 0 aliphatic rings. The van der Waals surface area contributed by atoms with Crippen LogP contribution in [0.15, 0.2) is 44.6 Å². The molecule has 3 aromatic rings. The molecule has 0 saturated carbocycles. The average Bonchev–Trinajstić information content (AvgIpc) is 3.25. The van der Waals surface area contributed by atoms with Crippen molar-refractivity contribution >= 4 is 27.3 Å². The van der Waals surface area contributed by atoms with E-state index < -0.39 is 0 Å². The van der Waals surface area contributed by atoms with Crippen molar-refractivity contribution in [2.45, 2.75) is 25.9 Å². The Balaban J connectivity index is 1.70. The number of nitrogens with two attached hydrogens (primary N) is 1. The van der Waals surface area contributed by atoms with Crippen LogP contribution in [0.3, 0.4) is 0 Å². The number of ether oxygens (including phenoxy) is 1. The molecule has 0 bridgehead atoms. The lowest BCUT2D eigenvalue weighted by atomic mass is 10.1. The summed E-state index contributed by atoms with van der Waals surface area (Å²) in [6.07, 6.45) is 0. The van der Waals surface area contributed by atoms with Crippen molar-refractivity contribution in [3.05, 3.63) is 51.6 Å². The van der Waals surface area contributed by atoms with Crippen molar-refractivity contribution in [1.82, 2.24) is 10.2 Å². The third kappa shape index (κ3) is 3.68. The Morgan fingerprint density at radius 3 is 2.71 bits per heavy atom. The van der Waals surface area contributed by atoms with E-state index in [4.69, 9.17) is 9.15 Å². The number of halogens is 1. The van der Waals surface area contributed by atoms with Gasteiger partial charge in [0.15, 0.2) is 6.04 Å². The molecule has 0 aliphatic carbocycles. The number of aromatic nitrogens is 2. The van der Waals surface area contributed by atoms with Crippen LogP contribution < -0.4 is 10.1 Å². The maximum atomic E-state index is 5.81. The number of methoxy groups -OCH3 is 1. The Kier molecular flexibility index (Phi) is 5.33. The molecule has 3 rings (SSSR count). The smallest absolute Gasteiger partial charge is 0.274 e. The molecule has 2 N–H and O–H groups in total. The van der Waals surface area contributed by atoms with Crippen LogP contribution in [0.2, 0.25) is 0 Å². The lowest BCUT2D eigenvalue weighted by molar-refractivity contribution is -0.730. The molecule has 0 spiro atoms. The first-order valence-electron chi connectivity index (χ1n) is 7.64. The van der Waals surface area contributed by atoms with Crippen LogP contribution in [-0.2, 0) is 0 Å². The molecule has 0 saturated heterocycles. The number of rotatable bonds is 6. The van der Waals surface area contributed by atoms with Crippen LogP contribution in [0.4, 0.5) is 0 Å². The summed E-state index contributed by atoms with van der Waals surface area (Å²) in [6.45, 7) is 4.22. The molecular weight excluding hydrogens is 390 g/mol. The van der Waals surface area contributed by atoms with Gasteiger partial charge in [-0.05, 0) is 59.4 Å². The minimum atomic E-state index is 0.0714. The third-order valence-electron chi connectivity index (χ3n) is 3.84. The van der Waals surface area contributed by atoms with Crippen LogP contribution in [0.5, 0.6) is 5.75 Å². The number of quaternary nitrogens is 1. The molecule has 5 nitrogen and oxygen atoms in total. The van der Waals surface area contributed by atoms with E-state index in [0.29, 0.717) is 11.8 Å². The Morgan fingerprint density at radius 1 is 1.21 bits per heavy atom. The summed E-state index contributed by atoms with van der Waals surface area (Å²) in [4.78, 5) is 0.994. The molecule has 0 fully saturated rings. The summed E-state index contributed by atoms with van der Waals surface area (Å²) in [5.41, 5.74) is 1.20. The summed E-state index contributed by atoms with van der Waals surface area (Å²) in [5, 5.41) is 12.5. The Bertz CT molecular complexity index is 804. The van der Waals surface area contributed by atoms with E-state index in [9.17, 15) is 0 Å². The monoisotopic (exact) mass is 408 g/mol. The number of benzene rings is 1. The summed E-state index contributed by atoms with van der Waals surface area (Å²) in [6, 6.07) is 10.4. The lowest BCUT2D eigenvalue weighted by Crippen LogP contribution is -2.85. The molecule has 126 valence electrons. The molecule has 2 atom stereocenters. The molecule has 24 heavy (non-hydrogen) atoms. The molecular formula is C17H19BrN3O2S+. The van der Waals surface area contributed by atoms with E-state index in [1.54, 1.807) is 18.4 Å². The molecule has 0 aliphatic heterocycles. The van der Waals surface area contributed by atoms with Crippen LogP contribution in [0.1, 0.15) is 37.4 Å². The number of hydrogen-bond donors (Lipinski definition) is 1. The van der Waals surface area contributed by atoms with Gasteiger partial charge in [-0.2, -0.15) is 0 Å². The van der Waals surface area contributed by atoms with Crippen molar-refractivity contribution in [3.63, 3.8) is 0 Å². The molecule has 0 amide bonds. The van der Waals surface area contributed by atoms with Gasteiger partial charge in [-0.3, -0.25) is 0 Å². The first-order valence-corrected chi connectivity index (χ1v) is 9.31. The SMILES string of the molecule is COc1ccc([C@@H](C)[NH2+][C@H](C)c2nnc(-c3cccs3)o2)cc1Br. The number of hydrogen-bond acceptors (Lipinski definition) is 5. The van der Waals surface area contributed by atoms with E-state index in [0.717, 1.165) is 15.1 Å². The quantitative estimate of drug-likeness (QED) is 0.670. The van der Waals surface area contributed by atoms with Gasteiger partial charge in [-0.25, -0.2) is 0 Å². The van der Waals surface area contributed by atoms with Gasteiger partial charge in [-0.1, -0.05) is 6.07 Å². The van der Waals surface area contributed by atoms with Gasteiger partial charge in [0.2, 0.25) is 0 Å². The van der Waals surface area contributed by atoms with Crippen LogP contribution >= 0.6 is 27.3 Å². The maximum absolute atomic E-state index is 5.81. The Hall–Kier alpha value is -1.70. The number of thiophene rings is 1. The topological polar surface area (TPSA) is 64.8 Å².